The van der Waals surface area contributed by atoms with Gasteiger partial charge in [0.05, 0.1) is 12.0 Å². The Bertz CT molecular complexity index is 240. The van der Waals surface area contributed by atoms with Gasteiger partial charge in [0.15, 0.2) is 5.17 Å². The molecule has 74 valence electrons. The van der Waals surface area contributed by atoms with Crippen LogP contribution in [0.4, 0.5) is 0 Å². The summed E-state index contributed by atoms with van der Waals surface area (Å²) in [6.07, 6.45) is 0. The maximum absolute atomic E-state index is 11.6. The number of carbonyl (C=O) groups is 1. The van der Waals surface area contributed by atoms with Crippen LogP contribution in [-0.2, 0) is 4.79 Å². The lowest BCUT2D eigenvalue weighted by atomic mass is 9.95. The second kappa shape index (κ2) is 4.33. The van der Waals surface area contributed by atoms with Crippen LogP contribution in [0.2, 0.25) is 0 Å². The molecular weight excluding hydrogens is 208 g/mol. The minimum atomic E-state index is -0.521. The first-order chi connectivity index (χ1) is 6.06. The average Bonchev–Trinajstić information content (AvgIpc) is 2.57. The SMILES string of the molecule is CC(C)(CCl)C(=O)NC1=NCCS1. The molecule has 0 unspecified atom stereocenters. The van der Waals surface area contributed by atoms with Crippen molar-refractivity contribution in [2.45, 2.75) is 13.8 Å². The second-order valence-corrected chi connectivity index (χ2v) is 4.86. The molecule has 3 nitrogen and oxygen atoms in total. The number of thioether (sulfide) groups is 1. The minimum Gasteiger partial charge on any atom is -0.305 e. The molecular formula is C8H13ClN2OS. The Morgan fingerprint density at radius 1 is 1.77 bits per heavy atom. The summed E-state index contributed by atoms with van der Waals surface area (Å²) in [4.78, 5) is 15.7. The smallest absolute Gasteiger partial charge is 0.232 e. The molecule has 0 bridgehead atoms. The highest BCUT2D eigenvalue weighted by atomic mass is 35.5. The Morgan fingerprint density at radius 3 is 2.92 bits per heavy atom. The Hall–Kier alpha value is -0.220. The van der Waals surface area contributed by atoms with Crippen LogP contribution in [0, 0.1) is 5.41 Å². The van der Waals surface area contributed by atoms with Gasteiger partial charge in [-0.1, -0.05) is 11.8 Å². The highest BCUT2D eigenvalue weighted by Gasteiger charge is 2.27. The summed E-state index contributed by atoms with van der Waals surface area (Å²) in [5, 5.41) is 3.48. The highest BCUT2D eigenvalue weighted by molar-refractivity contribution is 8.14. The van der Waals surface area contributed by atoms with Gasteiger partial charge in [-0.25, -0.2) is 0 Å². The van der Waals surface area contributed by atoms with E-state index in [4.69, 9.17) is 11.6 Å². The molecule has 0 aromatic heterocycles. The van der Waals surface area contributed by atoms with Crippen molar-refractivity contribution in [3.63, 3.8) is 0 Å². The summed E-state index contributed by atoms with van der Waals surface area (Å²) in [5.74, 6) is 1.21. The molecule has 0 atom stereocenters. The molecule has 0 radical (unpaired) electrons. The number of amidine groups is 1. The lowest BCUT2D eigenvalue weighted by molar-refractivity contribution is -0.126. The minimum absolute atomic E-state index is 0.0596. The number of carbonyl (C=O) groups excluding carboxylic acids is 1. The van der Waals surface area contributed by atoms with Crippen LogP contribution < -0.4 is 5.32 Å². The van der Waals surface area contributed by atoms with Gasteiger partial charge >= 0.3 is 0 Å². The predicted molar refractivity (Wildman–Crippen MR) is 57.4 cm³/mol. The third-order valence-electron chi connectivity index (χ3n) is 1.75. The summed E-state index contributed by atoms with van der Waals surface area (Å²) >= 11 is 7.24. The second-order valence-electron chi connectivity index (χ2n) is 3.51. The van der Waals surface area contributed by atoms with Crippen LogP contribution in [0.5, 0.6) is 0 Å². The molecule has 0 aromatic carbocycles. The predicted octanol–water partition coefficient (Wildman–Crippen LogP) is 1.47. The van der Waals surface area contributed by atoms with E-state index < -0.39 is 5.41 Å². The largest absolute Gasteiger partial charge is 0.305 e. The Morgan fingerprint density at radius 2 is 2.46 bits per heavy atom. The molecule has 1 aliphatic rings. The van der Waals surface area contributed by atoms with E-state index in [1.165, 1.54) is 0 Å². The molecule has 1 amide bonds. The number of rotatable bonds is 2. The van der Waals surface area contributed by atoms with Crippen LogP contribution >= 0.6 is 23.4 Å². The Balaban J connectivity index is 2.49. The summed E-state index contributed by atoms with van der Waals surface area (Å²) < 4.78 is 0. The molecule has 0 fully saturated rings. The zero-order valence-electron chi connectivity index (χ0n) is 7.76. The fourth-order valence-electron chi connectivity index (χ4n) is 0.738. The number of aliphatic imine (C=N–C) groups is 1. The van der Waals surface area contributed by atoms with E-state index in [0.717, 1.165) is 17.5 Å². The summed E-state index contributed by atoms with van der Waals surface area (Å²) in [6.45, 7) is 4.42. The molecule has 5 heteroatoms. The van der Waals surface area contributed by atoms with Gasteiger partial charge in [-0.3, -0.25) is 9.79 Å². The number of amides is 1. The van der Waals surface area contributed by atoms with E-state index in [1.54, 1.807) is 11.8 Å². The summed E-state index contributed by atoms with van der Waals surface area (Å²) in [6, 6.07) is 0. The molecule has 1 aliphatic heterocycles. The molecule has 1 heterocycles. The molecule has 0 saturated heterocycles. The van der Waals surface area contributed by atoms with Gasteiger partial charge in [-0.05, 0) is 13.8 Å². The van der Waals surface area contributed by atoms with Crippen molar-refractivity contribution in [2.75, 3.05) is 18.2 Å². The van der Waals surface area contributed by atoms with Crippen molar-refractivity contribution in [3.05, 3.63) is 0 Å². The Labute approximate surface area is 87.3 Å². The van der Waals surface area contributed by atoms with E-state index in [-0.39, 0.29) is 5.91 Å². The van der Waals surface area contributed by atoms with E-state index >= 15 is 0 Å². The normalized spacial score (nSPS) is 17.0. The number of alkyl halides is 1. The van der Waals surface area contributed by atoms with E-state index in [0.29, 0.717) is 5.88 Å². The Kier molecular flexibility index (Phi) is 3.62. The number of hydrogen-bond donors (Lipinski definition) is 1. The number of nitrogens with zero attached hydrogens (tertiary/aromatic N) is 1. The van der Waals surface area contributed by atoms with Gasteiger partial charge in [-0.2, -0.15) is 0 Å². The van der Waals surface area contributed by atoms with Gasteiger partial charge in [0.1, 0.15) is 0 Å². The monoisotopic (exact) mass is 220 g/mol. The fourth-order valence-corrected chi connectivity index (χ4v) is 1.58. The summed E-state index contributed by atoms with van der Waals surface area (Å²) in [5.41, 5.74) is -0.521. The van der Waals surface area contributed by atoms with Crippen molar-refractivity contribution < 1.29 is 4.79 Å². The standard InChI is InChI=1S/C8H13ClN2OS/c1-8(2,5-9)6(12)11-7-10-3-4-13-7/h3-5H2,1-2H3,(H,10,11,12). The topological polar surface area (TPSA) is 41.5 Å². The zero-order chi connectivity index (χ0) is 9.90. The fraction of sp³-hybridized carbons (Fsp3) is 0.750. The number of halogens is 1. The van der Waals surface area contributed by atoms with Crippen molar-refractivity contribution in [3.8, 4) is 0 Å². The van der Waals surface area contributed by atoms with Crippen LogP contribution in [0.3, 0.4) is 0 Å². The van der Waals surface area contributed by atoms with E-state index in [9.17, 15) is 4.79 Å². The summed E-state index contributed by atoms with van der Waals surface area (Å²) in [7, 11) is 0. The highest BCUT2D eigenvalue weighted by Crippen LogP contribution is 2.18. The van der Waals surface area contributed by atoms with Crippen LogP contribution in [0.25, 0.3) is 0 Å². The lowest BCUT2D eigenvalue weighted by Crippen LogP contribution is -2.40. The zero-order valence-corrected chi connectivity index (χ0v) is 9.34. The first-order valence-electron chi connectivity index (χ1n) is 4.11. The molecule has 13 heavy (non-hydrogen) atoms. The third kappa shape index (κ3) is 2.88. The van der Waals surface area contributed by atoms with E-state index in [1.807, 2.05) is 13.8 Å². The molecule has 1 rings (SSSR count). The van der Waals surface area contributed by atoms with Gasteiger partial charge in [0, 0.05) is 11.6 Å². The van der Waals surface area contributed by atoms with Crippen molar-refractivity contribution in [1.29, 1.82) is 0 Å². The van der Waals surface area contributed by atoms with Gasteiger partial charge in [0.2, 0.25) is 5.91 Å². The van der Waals surface area contributed by atoms with Crippen LogP contribution in [0.1, 0.15) is 13.8 Å². The van der Waals surface area contributed by atoms with E-state index in [2.05, 4.69) is 10.3 Å². The van der Waals surface area contributed by atoms with Crippen molar-refractivity contribution in [1.82, 2.24) is 5.32 Å². The molecule has 1 N–H and O–H groups in total. The molecule has 0 spiro atoms. The van der Waals surface area contributed by atoms with Crippen molar-refractivity contribution in [2.24, 2.45) is 10.4 Å². The maximum atomic E-state index is 11.6. The first kappa shape index (κ1) is 10.9. The quantitative estimate of drug-likeness (QED) is 0.717. The number of nitrogens with one attached hydrogen (secondary N) is 1. The van der Waals surface area contributed by atoms with Gasteiger partial charge in [0.25, 0.3) is 0 Å². The van der Waals surface area contributed by atoms with Gasteiger partial charge in [-0.15, -0.1) is 11.6 Å². The average molecular weight is 221 g/mol. The third-order valence-corrected chi connectivity index (χ3v) is 3.31. The molecule has 0 aromatic rings. The van der Waals surface area contributed by atoms with Crippen LogP contribution in [-0.4, -0.2) is 29.3 Å². The number of hydrogen-bond acceptors (Lipinski definition) is 3. The van der Waals surface area contributed by atoms with Crippen LogP contribution in [0.15, 0.2) is 4.99 Å². The molecule has 0 aliphatic carbocycles. The molecule has 0 saturated carbocycles. The maximum Gasteiger partial charge on any atom is 0.232 e. The van der Waals surface area contributed by atoms with Gasteiger partial charge < -0.3 is 5.32 Å². The lowest BCUT2D eigenvalue weighted by Gasteiger charge is -2.19. The first-order valence-corrected chi connectivity index (χ1v) is 5.63. The van der Waals surface area contributed by atoms with Crippen molar-refractivity contribution >= 4 is 34.4 Å².